The molecule has 0 radical (unpaired) electrons. The second-order valence-electron chi connectivity index (χ2n) is 8.97. The van der Waals surface area contributed by atoms with Crippen LogP contribution in [0.5, 0.6) is 0 Å². The predicted molar refractivity (Wildman–Crippen MR) is 157 cm³/mol. The van der Waals surface area contributed by atoms with Crippen LogP contribution in [0.3, 0.4) is 0 Å². The number of rotatable bonds is 11. The maximum Gasteiger partial charge on any atom is 0.251 e. The van der Waals surface area contributed by atoms with E-state index in [-0.39, 0.29) is 0 Å². The molecule has 12 heteroatoms. The number of benzene rings is 2. The molecule has 2 aromatic carbocycles. The van der Waals surface area contributed by atoms with Crippen LogP contribution in [0.1, 0.15) is 29.0 Å². The minimum atomic E-state index is 0.421. The number of azo groups is 1. The predicted octanol–water partition coefficient (Wildman–Crippen LogP) is 7.26. The number of aromatic nitrogens is 2. The van der Waals surface area contributed by atoms with Crippen LogP contribution in [-0.2, 0) is 11.3 Å². The molecule has 0 amide bonds. The third kappa shape index (κ3) is 6.57. The number of anilines is 5. The van der Waals surface area contributed by atoms with Gasteiger partial charge in [-0.25, -0.2) is 0 Å². The number of hydrazine groups is 2. The second-order valence-corrected chi connectivity index (χ2v) is 11.1. The number of methoxy groups -OCH3 is 1. The summed E-state index contributed by atoms with van der Waals surface area (Å²) in [5, 5.41) is 20.3. The van der Waals surface area contributed by atoms with E-state index in [2.05, 4.69) is 72.2 Å². The largest absolute Gasteiger partial charge is 0.377 e. The lowest BCUT2D eigenvalue weighted by molar-refractivity contribution is 0.184. The third-order valence-electron chi connectivity index (χ3n) is 6.07. The Morgan fingerprint density at radius 1 is 0.842 bits per heavy atom. The molecule has 4 aromatic rings. The van der Waals surface area contributed by atoms with Crippen molar-refractivity contribution in [3.05, 3.63) is 64.7 Å². The molecule has 0 aliphatic carbocycles. The molecule has 5 rings (SSSR count). The van der Waals surface area contributed by atoms with Crippen molar-refractivity contribution in [3.8, 4) is 0 Å². The first-order chi connectivity index (χ1) is 18.6. The molecule has 0 spiro atoms. The monoisotopic (exact) mass is 549 g/mol. The molecular weight excluding hydrogens is 518 g/mol. The summed E-state index contributed by atoms with van der Waals surface area (Å²) in [5.74, 6) is 0. The molecule has 1 aliphatic rings. The highest BCUT2D eigenvalue weighted by molar-refractivity contribution is 7.20. The number of nitrogens with one attached hydrogen (secondary N) is 4. The lowest BCUT2D eigenvalue weighted by Gasteiger charge is -2.15. The van der Waals surface area contributed by atoms with E-state index in [0.717, 1.165) is 57.0 Å². The molecule has 0 saturated carbocycles. The van der Waals surface area contributed by atoms with Crippen LogP contribution >= 0.6 is 22.7 Å². The van der Waals surface area contributed by atoms with Crippen molar-refractivity contribution < 1.29 is 4.74 Å². The average Bonchev–Trinajstić information content (AvgIpc) is 3.69. The maximum absolute atomic E-state index is 5.06. The fraction of sp³-hybridized carbons (Fsp3) is 0.308. The van der Waals surface area contributed by atoms with Gasteiger partial charge in [0.25, 0.3) is 5.13 Å². The second kappa shape index (κ2) is 12.2. The molecule has 0 unspecified atom stereocenters. The Labute approximate surface area is 230 Å². The smallest absolute Gasteiger partial charge is 0.251 e. The van der Waals surface area contributed by atoms with E-state index in [1.165, 1.54) is 29.2 Å². The number of ether oxygens (including phenoxy) is 1. The van der Waals surface area contributed by atoms with E-state index in [0.29, 0.717) is 11.7 Å². The van der Waals surface area contributed by atoms with Crippen LogP contribution in [0.15, 0.2) is 58.8 Å². The van der Waals surface area contributed by atoms with Gasteiger partial charge in [-0.05, 0) is 86.3 Å². The van der Waals surface area contributed by atoms with Crippen LogP contribution in [-0.4, -0.2) is 30.4 Å². The lowest BCUT2D eigenvalue weighted by atomic mass is 10.2. The topological polar surface area (TPSA) is 111 Å². The number of nitrogens with zero attached hydrogens (tertiary/aromatic N) is 5. The zero-order valence-electron chi connectivity index (χ0n) is 21.6. The van der Waals surface area contributed by atoms with Crippen LogP contribution in [0, 0.1) is 13.8 Å². The summed E-state index contributed by atoms with van der Waals surface area (Å²) in [6, 6.07) is 16.4. The average molecular weight is 550 g/mol. The molecule has 1 aliphatic heterocycles. The van der Waals surface area contributed by atoms with E-state index in [1.54, 1.807) is 18.4 Å². The standard InChI is InChI=1S/C26H31N9OS2/c1-17-15-20(28-31-23-10-11-25(37-23)35-12-4-5-13-35)7-8-21(17)29-27-19-6-9-22(18(2)14-19)30-33-26-34-32-24(38-26)16-36-3/h6-11,14-15,27-29,31H,4-5,12-13,16H2,1-3H3. The van der Waals surface area contributed by atoms with Crippen molar-refractivity contribution in [2.45, 2.75) is 33.3 Å². The highest BCUT2D eigenvalue weighted by Crippen LogP contribution is 2.32. The molecule has 1 saturated heterocycles. The minimum Gasteiger partial charge on any atom is -0.377 e. The van der Waals surface area contributed by atoms with Crippen LogP contribution in [0.25, 0.3) is 0 Å². The van der Waals surface area contributed by atoms with Gasteiger partial charge >= 0.3 is 0 Å². The molecule has 3 heterocycles. The molecule has 198 valence electrons. The molecule has 1 fully saturated rings. The Morgan fingerprint density at radius 2 is 1.61 bits per heavy atom. The number of hydrogen-bond donors (Lipinski definition) is 4. The highest BCUT2D eigenvalue weighted by atomic mass is 32.1. The summed E-state index contributed by atoms with van der Waals surface area (Å²) in [6.07, 6.45) is 2.57. The number of hydrogen-bond acceptors (Lipinski definition) is 12. The quantitative estimate of drug-likeness (QED) is 0.114. The van der Waals surface area contributed by atoms with E-state index < -0.39 is 0 Å². The molecule has 10 nitrogen and oxygen atoms in total. The third-order valence-corrected chi connectivity index (χ3v) is 7.91. The highest BCUT2D eigenvalue weighted by Gasteiger charge is 2.14. The SMILES string of the molecule is COCc1nnc(N=Nc2ccc(NNc3ccc(NNc4ccc(N5CCCC5)s4)cc3C)cc2C)s1. The summed E-state index contributed by atoms with van der Waals surface area (Å²) in [7, 11) is 1.62. The van der Waals surface area contributed by atoms with Gasteiger partial charge in [-0.1, -0.05) is 22.7 Å². The van der Waals surface area contributed by atoms with Crippen molar-refractivity contribution >= 4 is 60.6 Å². The summed E-state index contributed by atoms with van der Waals surface area (Å²) < 4.78 is 5.06. The number of thiophene rings is 1. The lowest BCUT2D eigenvalue weighted by Crippen LogP contribution is -2.15. The summed E-state index contributed by atoms with van der Waals surface area (Å²) in [4.78, 5) is 2.45. The molecular formula is C26H31N9OS2. The number of aryl methyl sites for hydroxylation is 2. The van der Waals surface area contributed by atoms with Crippen molar-refractivity contribution in [2.75, 3.05) is 46.8 Å². The van der Waals surface area contributed by atoms with Crippen LogP contribution in [0.4, 0.5) is 37.9 Å². The van der Waals surface area contributed by atoms with E-state index in [1.807, 2.05) is 37.3 Å². The van der Waals surface area contributed by atoms with Gasteiger partial charge in [-0.3, -0.25) is 5.43 Å². The molecule has 2 aromatic heterocycles. The minimum absolute atomic E-state index is 0.421. The Balaban J connectivity index is 1.13. The Hall–Kier alpha value is -3.74. The Bertz CT molecular complexity index is 1400. The first-order valence-corrected chi connectivity index (χ1v) is 14.0. The summed E-state index contributed by atoms with van der Waals surface area (Å²) in [6.45, 7) is 6.81. The molecule has 4 N–H and O–H groups in total. The van der Waals surface area contributed by atoms with E-state index in [9.17, 15) is 0 Å². The van der Waals surface area contributed by atoms with Crippen molar-refractivity contribution in [3.63, 3.8) is 0 Å². The normalized spacial score (nSPS) is 13.3. The van der Waals surface area contributed by atoms with Crippen LogP contribution < -0.4 is 26.6 Å². The van der Waals surface area contributed by atoms with Gasteiger partial charge in [-0.2, -0.15) is 0 Å². The van der Waals surface area contributed by atoms with Crippen molar-refractivity contribution in [1.82, 2.24) is 10.2 Å². The van der Waals surface area contributed by atoms with Gasteiger partial charge in [-0.15, -0.1) is 20.4 Å². The van der Waals surface area contributed by atoms with Gasteiger partial charge in [0, 0.05) is 20.2 Å². The van der Waals surface area contributed by atoms with E-state index >= 15 is 0 Å². The van der Waals surface area contributed by atoms with Gasteiger partial charge in [0.05, 0.1) is 27.8 Å². The van der Waals surface area contributed by atoms with Crippen LogP contribution in [0.2, 0.25) is 0 Å². The van der Waals surface area contributed by atoms with Gasteiger partial charge < -0.3 is 25.9 Å². The summed E-state index contributed by atoms with van der Waals surface area (Å²) in [5.41, 5.74) is 19.0. The Kier molecular flexibility index (Phi) is 8.31. The van der Waals surface area contributed by atoms with E-state index in [4.69, 9.17) is 4.74 Å². The van der Waals surface area contributed by atoms with Crippen molar-refractivity contribution in [2.24, 2.45) is 10.2 Å². The maximum atomic E-state index is 5.06. The van der Waals surface area contributed by atoms with Crippen molar-refractivity contribution in [1.29, 1.82) is 0 Å². The van der Waals surface area contributed by atoms with Gasteiger partial charge in [0.2, 0.25) is 0 Å². The first kappa shape index (κ1) is 25.9. The molecule has 0 bridgehead atoms. The fourth-order valence-electron chi connectivity index (χ4n) is 4.07. The van der Waals surface area contributed by atoms with Gasteiger partial charge in [0.15, 0.2) is 0 Å². The zero-order chi connectivity index (χ0) is 26.3. The zero-order valence-corrected chi connectivity index (χ0v) is 23.2. The fourth-order valence-corrected chi connectivity index (χ4v) is 5.61. The summed E-state index contributed by atoms with van der Waals surface area (Å²) >= 11 is 3.14. The molecule has 0 atom stereocenters. The first-order valence-electron chi connectivity index (χ1n) is 12.4. The van der Waals surface area contributed by atoms with Gasteiger partial charge in [0.1, 0.15) is 16.6 Å². The molecule has 38 heavy (non-hydrogen) atoms. The Morgan fingerprint density at radius 3 is 2.37 bits per heavy atom.